The minimum Gasteiger partial charge on any atom is -0.504 e. The van der Waals surface area contributed by atoms with E-state index < -0.39 is 17.6 Å². The average Bonchev–Trinajstić information content (AvgIpc) is 4.03. The first-order valence-electron chi connectivity index (χ1n) is 24.2. The molecule has 14 heteroatoms. The number of nitrogens with two attached hydrogens (primary N) is 2. The molecule has 1 aromatic heterocycles. The predicted molar refractivity (Wildman–Crippen MR) is 263 cm³/mol. The highest BCUT2D eigenvalue weighted by molar-refractivity contribution is 8.77. The van der Waals surface area contributed by atoms with Gasteiger partial charge in [0.2, 0.25) is 5.91 Å². The molecule has 2 aliphatic heterocycles. The van der Waals surface area contributed by atoms with Crippen molar-refractivity contribution >= 4 is 45.2 Å². The summed E-state index contributed by atoms with van der Waals surface area (Å²) in [5.74, 6) is 2.52. The number of guanidine groups is 1. The molecule has 1 amide bonds. The van der Waals surface area contributed by atoms with Gasteiger partial charge in [0.1, 0.15) is 11.9 Å². The number of hydrogen-bond donors (Lipinski definition) is 5. The number of aromatic hydroxyl groups is 1. The number of aryl methyl sites for hydroxylation is 2. The van der Waals surface area contributed by atoms with E-state index in [1.54, 1.807) is 6.20 Å². The highest BCUT2D eigenvalue weighted by atomic mass is 33.1. The van der Waals surface area contributed by atoms with Crippen molar-refractivity contribution in [1.82, 2.24) is 15.2 Å². The average molecular weight is 929 g/mol. The summed E-state index contributed by atoms with van der Waals surface area (Å²) in [6, 6.07) is 18.4. The van der Waals surface area contributed by atoms with E-state index in [0.717, 1.165) is 100 Å². The van der Waals surface area contributed by atoms with Crippen LogP contribution in [0.1, 0.15) is 138 Å². The predicted octanol–water partition coefficient (Wildman–Crippen LogP) is 9.04. The Labute approximate surface area is 394 Å². The molecule has 0 radical (unpaired) electrons. The Kier molecular flexibility index (Phi) is 17.7. The smallest absolute Gasteiger partial charge is 0.302 e. The van der Waals surface area contributed by atoms with E-state index >= 15 is 0 Å². The Morgan fingerprint density at radius 1 is 0.938 bits per heavy atom. The maximum absolute atomic E-state index is 14.1. The first-order valence-corrected chi connectivity index (χ1v) is 26.5. The van der Waals surface area contributed by atoms with Crippen LogP contribution < -0.4 is 21.5 Å². The first kappa shape index (κ1) is 48.8. The Hall–Kier alpha value is -4.14. The molecule has 1 saturated heterocycles. The zero-order valence-electron chi connectivity index (χ0n) is 38.4. The molecule has 12 nitrogen and oxygen atoms in total. The van der Waals surface area contributed by atoms with Gasteiger partial charge in [0, 0.05) is 62.3 Å². The molecule has 354 valence electrons. The number of phenols is 1. The van der Waals surface area contributed by atoms with Gasteiger partial charge >= 0.3 is 5.97 Å². The molecule has 3 fully saturated rings. The third-order valence-corrected chi connectivity index (χ3v) is 17.2. The third kappa shape index (κ3) is 14.7. The molecule has 7 rings (SSSR count). The summed E-state index contributed by atoms with van der Waals surface area (Å²) in [4.78, 5) is 37.3. The van der Waals surface area contributed by atoms with Gasteiger partial charge in [-0.05, 0) is 131 Å². The van der Waals surface area contributed by atoms with Gasteiger partial charge in [0.05, 0.1) is 17.1 Å². The molecular formula is C51H72N6O6S2. The van der Waals surface area contributed by atoms with Crippen LogP contribution in [-0.4, -0.2) is 80.0 Å². The van der Waals surface area contributed by atoms with E-state index in [2.05, 4.69) is 40.6 Å². The number of aromatic nitrogens is 1. The van der Waals surface area contributed by atoms with E-state index in [0.29, 0.717) is 87.0 Å². The molecule has 1 spiro atoms. The molecule has 7 N–H and O–H groups in total. The second-order valence-electron chi connectivity index (χ2n) is 19.4. The van der Waals surface area contributed by atoms with Gasteiger partial charge < -0.3 is 41.4 Å². The van der Waals surface area contributed by atoms with Gasteiger partial charge in [0.25, 0.3) is 0 Å². The van der Waals surface area contributed by atoms with E-state index in [1.165, 1.54) is 12.5 Å². The number of nitrogens with one attached hydrogen (secondary N) is 1. The second kappa shape index (κ2) is 23.5. The van der Waals surface area contributed by atoms with Crippen molar-refractivity contribution in [1.29, 1.82) is 0 Å². The molecule has 3 heterocycles. The highest BCUT2D eigenvalue weighted by Crippen LogP contribution is 2.47. The van der Waals surface area contributed by atoms with Gasteiger partial charge in [-0.3, -0.25) is 14.6 Å². The fourth-order valence-electron chi connectivity index (χ4n) is 10.5. The number of nitrogen functional groups attached to an aromatic ring is 1. The topological polar surface area (TPSA) is 186 Å². The van der Waals surface area contributed by atoms with Crippen LogP contribution in [0.25, 0.3) is 0 Å². The van der Waals surface area contributed by atoms with E-state index in [1.807, 2.05) is 50.8 Å². The Bertz CT molecular complexity index is 2050. The molecule has 4 aliphatic rings. The zero-order valence-corrected chi connectivity index (χ0v) is 40.0. The maximum Gasteiger partial charge on any atom is 0.302 e. The van der Waals surface area contributed by atoms with Gasteiger partial charge in [0.15, 0.2) is 17.5 Å². The van der Waals surface area contributed by atoms with Crippen LogP contribution in [0.3, 0.4) is 0 Å². The number of phenolic OH excluding ortho intramolecular Hbond substituents is 1. The van der Waals surface area contributed by atoms with Gasteiger partial charge in [-0.15, -0.1) is 0 Å². The molecule has 4 atom stereocenters. The lowest BCUT2D eigenvalue weighted by Gasteiger charge is -2.31. The van der Waals surface area contributed by atoms with Crippen molar-refractivity contribution in [3.63, 3.8) is 0 Å². The van der Waals surface area contributed by atoms with Crippen molar-refractivity contribution in [2.45, 2.75) is 165 Å². The SMILES string of the molecule is CC(=O)O[C@@H]1CCc2cc(c(O)c(OC3CCCC3)c2)CN2C[C@@](Cc3ccnc(N)c3)(CCN=C(N)NC3(CCCC3)SSC[C@H](CCc3ccccc3)CCCC[C@H](O)C1)CC2=O. The van der Waals surface area contributed by atoms with Crippen LogP contribution in [0.5, 0.6) is 11.5 Å². The van der Waals surface area contributed by atoms with Crippen molar-refractivity contribution < 1.29 is 29.3 Å². The number of fused-ring (bicyclic) bond motifs is 4. The van der Waals surface area contributed by atoms with E-state index in [-0.39, 0.29) is 35.1 Å². The number of carbonyl (C=O) groups is 2. The molecule has 3 aromatic rings. The summed E-state index contributed by atoms with van der Waals surface area (Å²) in [5, 5.41) is 26.8. The molecule has 2 saturated carbocycles. The number of ether oxygens (including phenoxy) is 2. The molecule has 2 aromatic carbocycles. The number of hydrogen-bond acceptors (Lipinski definition) is 13. The quantitative estimate of drug-likeness (QED) is 0.107. The van der Waals surface area contributed by atoms with E-state index in [4.69, 9.17) is 25.9 Å². The lowest BCUT2D eigenvalue weighted by molar-refractivity contribution is -0.148. The second-order valence-corrected chi connectivity index (χ2v) is 22.1. The summed E-state index contributed by atoms with van der Waals surface area (Å²) < 4.78 is 12.3. The van der Waals surface area contributed by atoms with Crippen LogP contribution in [-0.2, 0) is 40.1 Å². The molecule has 65 heavy (non-hydrogen) atoms. The summed E-state index contributed by atoms with van der Waals surface area (Å²) >= 11 is 0. The third-order valence-electron chi connectivity index (χ3n) is 13.9. The van der Waals surface area contributed by atoms with Gasteiger partial charge in [-0.25, -0.2) is 4.98 Å². The van der Waals surface area contributed by atoms with Crippen LogP contribution in [0.15, 0.2) is 65.8 Å². The minimum absolute atomic E-state index is 0.00634. The number of aliphatic hydroxyl groups excluding tert-OH is 1. The number of anilines is 1. The molecular weight excluding hydrogens is 857 g/mol. The van der Waals surface area contributed by atoms with Crippen LogP contribution >= 0.6 is 21.6 Å². The Morgan fingerprint density at radius 3 is 2.48 bits per heavy atom. The fourth-order valence-corrected chi connectivity index (χ4v) is 14.0. The zero-order chi connectivity index (χ0) is 45.7. The van der Waals surface area contributed by atoms with Gasteiger partial charge in [-0.2, -0.15) is 0 Å². The number of rotatable bonds is 8. The normalized spacial score (nSPS) is 25.5. The number of amides is 1. The minimum atomic E-state index is -0.604. The van der Waals surface area contributed by atoms with Crippen LogP contribution in [0.2, 0.25) is 0 Å². The van der Waals surface area contributed by atoms with Crippen molar-refractivity contribution in [2.24, 2.45) is 22.1 Å². The highest BCUT2D eigenvalue weighted by Gasteiger charge is 2.43. The summed E-state index contributed by atoms with van der Waals surface area (Å²) in [7, 11) is 3.85. The molecule has 4 bridgehead atoms. The number of nitrogens with zero attached hydrogens (tertiary/aromatic N) is 3. The number of aliphatic hydroxyl groups is 1. The monoisotopic (exact) mass is 928 g/mol. The number of carbonyl (C=O) groups excluding carboxylic acids is 2. The molecule has 0 unspecified atom stereocenters. The summed E-state index contributed by atoms with van der Waals surface area (Å²) in [6.07, 6.45) is 17.6. The summed E-state index contributed by atoms with van der Waals surface area (Å²) in [6.45, 7) is 2.55. The number of benzene rings is 2. The summed E-state index contributed by atoms with van der Waals surface area (Å²) in [5.41, 5.74) is 16.3. The first-order chi connectivity index (χ1) is 31.4. The standard InChI is InChI=1S/C51H72N6O6S2/c1-36(58)62-44-20-19-39-27-41(48(61)45(28-39)63-43-15-7-8-16-43)33-57-35-50(32-47(57)60,31-40-21-25-54-46(52)29-40)24-26-55-49(53)56-51(22-9-10-23-51)65-64-34-38(13-5-6-14-42(59)30-44)18-17-37-11-3-2-4-12-37/h2-4,11-12,21,25,27-29,38,42-44,59,61H,5-10,13-20,22-24,26,30-35H2,1H3,(H2,52,54)(H3,53,55,56)/t38-,42-,44+,50+/m0/s1. The number of pyridine rings is 1. The van der Waals surface area contributed by atoms with Crippen molar-refractivity contribution in [3.8, 4) is 11.5 Å². The lowest BCUT2D eigenvalue weighted by Crippen LogP contribution is -2.47. The number of aliphatic imine (C=N–C) groups is 1. The van der Waals surface area contributed by atoms with Gasteiger partial charge in [-0.1, -0.05) is 83.7 Å². The Morgan fingerprint density at radius 2 is 1.71 bits per heavy atom. The lowest BCUT2D eigenvalue weighted by atomic mass is 9.78. The Balaban J connectivity index is 1.16. The molecule has 2 aliphatic carbocycles. The van der Waals surface area contributed by atoms with Crippen molar-refractivity contribution in [3.05, 3.63) is 83.0 Å². The largest absolute Gasteiger partial charge is 0.504 e. The number of esters is 1. The fraction of sp³-hybridized carbons (Fsp3) is 0.608. The van der Waals surface area contributed by atoms with E-state index in [9.17, 15) is 19.8 Å². The van der Waals surface area contributed by atoms with Crippen molar-refractivity contribution in [2.75, 3.05) is 24.6 Å². The maximum atomic E-state index is 14.1. The van der Waals surface area contributed by atoms with Crippen LogP contribution in [0, 0.1) is 11.3 Å². The van der Waals surface area contributed by atoms with Crippen LogP contribution in [0.4, 0.5) is 5.82 Å².